The average Bonchev–Trinajstić information content (AvgIpc) is 3.18. The summed E-state index contributed by atoms with van der Waals surface area (Å²) in [5.74, 6) is 2.18. The number of carbonyl (C=O) groups excluding carboxylic acids is 1. The molecule has 0 aliphatic rings. The van der Waals surface area contributed by atoms with Crippen molar-refractivity contribution in [3.63, 3.8) is 0 Å². The predicted molar refractivity (Wildman–Crippen MR) is 122 cm³/mol. The predicted octanol–water partition coefficient (Wildman–Crippen LogP) is 4.36. The number of rotatable bonds is 10. The third kappa shape index (κ3) is 5.80. The van der Waals surface area contributed by atoms with Crippen LogP contribution in [0.25, 0.3) is 0 Å². The summed E-state index contributed by atoms with van der Waals surface area (Å²) in [5, 5.41) is 12.9. The lowest BCUT2D eigenvalue weighted by Crippen LogP contribution is -2.25. The molecular weight excluding hydrogens is 436 g/mol. The molecular formula is C22H23ClN4O3S. The number of hydrogen-bond donors (Lipinski definition) is 1. The van der Waals surface area contributed by atoms with Crippen molar-refractivity contribution in [2.75, 3.05) is 14.2 Å². The molecule has 0 spiro atoms. The van der Waals surface area contributed by atoms with Crippen molar-refractivity contribution in [2.24, 2.45) is 0 Å². The van der Waals surface area contributed by atoms with Gasteiger partial charge in [-0.15, -0.1) is 16.8 Å². The van der Waals surface area contributed by atoms with E-state index >= 15 is 0 Å². The minimum absolute atomic E-state index is 0.232. The van der Waals surface area contributed by atoms with Crippen LogP contribution in [0.2, 0.25) is 5.02 Å². The largest absolute Gasteiger partial charge is 0.493 e. The number of aromatic nitrogens is 3. The van der Waals surface area contributed by atoms with E-state index in [1.807, 2.05) is 28.8 Å². The van der Waals surface area contributed by atoms with Crippen LogP contribution in [-0.2, 0) is 18.8 Å². The first-order valence-electron chi connectivity index (χ1n) is 9.46. The number of nitrogens with zero attached hydrogens (tertiary/aromatic N) is 3. The van der Waals surface area contributed by atoms with E-state index in [0.717, 1.165) is 16.5 Å². The van der Waals surface area contributed by atoms with Gasteiger partial charge in [0.1, 0.15) is 0 Å². The maximum atomic E-state index is 12.6. The Bertz CT molecular complexity index is 1050. The van der Waals surface area contributed by atoms with Crippen molar-refractivity contribution in [1.82, 2.24) is 20.1 Å². The molecule has 1 N–H and O–H groups in total. The Hall–Kier alpha value is -2.97. The zero-order valence-electron chi connectivity index (χ0n) is 17.3. The second-order valence-electron chi connectivity index (χ2n) is 6.47. The van der Waals surface area contributed by atoms with Gasteiger partial charge < -0.3 is 19.4 Å². The number of benzene rings is 2. The van der Waals surface area contributed by atoms with Crippen LogP contribution in [0.4, 0.5) is 0 Å². The topological polar surface area (TPSA) is 78.3 Å². The van der Waals surface area contributed by atoms with Crippen LogP contribution in [-0.4, -0.2) is 34.9 Å². The van der Waals surface area contributed by atoms with Gasteiger partial charge in [-0.2, -0.15) is 0 Å². The van der Waals surface area contributed by atoms with E-state index in [0.29, 0.717) is 34.5 Å². The molecule has 0 atom stereocenters. The summed E-state index contributed by atoms with van der Waals surface area (Å²) in [5.41, 5.74) is 1.59. The lowest BCUT2D eigenvalue weighted by Gasteiger charge is -2.11. The van der Waals surface area contributed by atoms with E-state index in [1.54, 1.807) is 43.1 Å². The summed E-state index contributed by atoms with van der Waals surface area (Å²) < 4.78 is 12.4. The van der Waals surface area contributed by atoms with Gasteiger partial charge in [0.25, 0.3) is 5.91 Å². The SMILES string of the molecule is C=CCn1c(CNC(=O)c2ccc(OC)c(OC)c2)nnc1SCc1ccc(Cl)cc1. The quantitative estimate of drug-likeness (QED) is 0.359. The van der Waals surface area contributed by atoms with Crippen molar-refractivity contribution in [3.8, 4) is 11.5 Å². The van der Waals surface area contributed by atoms with E-state index in [-0.39, 0.29) is 12.5 Å². The highest BCUT2D eigenvalue weighted by Crippen LogP contribution is 2.27. The molecule has 0 aliphatic heterocycles. The minimum Gasteiger partial charge on any atom is -0.493 e. The number of methoxy groups -OCH3 is 2. The smallest absolute Gasteiger partial charge is 0.251 e. The fourth-order valence-corrected chi connectivity index (χ4v) is 3.88. The maximum Gasteiger partial charge on any atom is 0.251 e. The summed E-state index contributed by atoms with van der Waals surface area (Å²) in [6.45, 7) is 4.58. The van der Waals surface area contributed by atoms with Crippen molar-refractivity contribution in [3.05, 3.63) is 77.1 Å². The molecule has 0 radical (unpaired) electrons. The minimum atomic E-state index is -0.246. The Labute approximate surface area is 190 Å². The van der Waals surface area contributed by atoms with Crippen LogP contribution >= 0.6 is 23.4 Å². The fourth-order valence-electron chi connectivity index (χ4n) is 2.84. The van der Waals surface area contributed by atoms with Crippen LogP contribution in [0.5, 0.6) is 11.5 Å². The Morgan fingerprint density at radius 2 is 1.90 bits per heavy atom. The molecule has 0 saturated heterocycles. The first-order valence-corrected chi connectivity index (χ1v) is 10.8. The Morgan fingerprint density at radius 3 is 2.58 bits per heavy atom. The Balaban J connectivity index is 1.67. The zero-order chi connectivity index (χ0) is 22.2. The van der Waals surface area contributed by atoms with E-state index in [9.17, 15) is 4.79 Å². The van der Waals surface area contributed by atoms with Gasteiger partial charge >= 0.3 is 0 Å². The lowest BCUT2D eigenvalue weighted by atomic mass is 10.2. The molecule has 31 heavy (non-hydrogen) atoms. The summed E-state index contributed by atoms with van der Waals surface area (Å²) in [6.07, 6.45) is 1.77. The van der Waals surface area contributed by atoms with E-state index in [1.165, 1.54) is 7.11 Å². The van der Waals surface area contributed by atoms with Crippen molar-refractivity contribution in [2.45, 2.75) is 24.0 Å². The molecule has 1 aromatic heterocycles. The van der Waals surface area contributed by atoms with Crippen molar-refractivity contribution in [1.29, 1.82) is 0 Å². The highest BCUT2D eigenvalue weighted by atomic mass is 35.5. The highest BCUT2D eigenvalue weighted by Gasteiger charge is 2.15. The summed E-state index contributed by atoms with van der Waals surface area (Å²) in [7, 11) is 3.08. The normalized spacial score (nSPS) is 10.5. The number of hydrogen-bond acceptors (Lipinski definition) is 6. The molecule has 0 unspecified atom stereocenters. The molecule has 2 aromatic carbocycles. The Kier molecular flexibility index (Phi) is 7.97. The molecule has 1 amide bonds. The summed E-state index contributed by atoms with van der Waals surface area (Å²) in [4.78, 5) is 12.6. The lowest BCUT2D eigenvalue weighted by molar-refractivity contribution is 0.0949. The van der Waals surface area contributed by atoms with Crippen LogP contribution in [0.1, 0.15) is 21.7 Å². The number of thioether (sulfide) groups is 1. The van der Waals surface area contributed by atoms with E-state index in [2.05, 4.69) is 22.1 Å². The van der Waals surface area contributed by atoms with Crippen molar-refractivity contribution < 1.29 is 14.3 Å². The summed E-state index contributed by atoms with van der Waals surface area (Å²) >= 11 is 7.50. The van der Waals surface area contributed by atoms with Crippen LogP contribution in [0, 0.1) is 0 Å². The highest BCUT2D eigenvalue weighted by molar-refractivity contribution is 7.98. The molecule has 3 rings (SSSR count). The number of amides is 1. The van der Waals surface area contributed by atoms with Crippen molar-refractivity contribution >= 4 is 29.3 Å². The molecule has 1 heterocycles. The molecule has 3 aromatic rings. The molecule has 0 fully saturated rings. The Morgan fingerprint density at radius 1 is 1.16 bits per heavy atom. The third-order valence-corrected chi connectivity index (χ3v) is 5.73. The first kappa shape index (κ1) is 22.7. The number of carbonyl (C=O) groups is 1. The molecule has 7 nitrogen and oxygen atoms in total. The van der Waals surface area contributed by atoms with Gasteiger partial charge in [-0.3, -0.25) is 4.79 Å². The molecule has 0 bridgehead atoms. The second kappa shape index (κ2) is 10.9. The third-order valence-electron chi connectivity index (χ3n) is 4.44. The van der Waals surface area contributed by atoms with E-state index < -0.39 is 0 Å². The molecule has 9 heteroatoms. The number of ether oxygens (including phenoxy) is 2. The number of halogens is 1. The standard InChI is InChI=1S/C22H23ClN4O3S/c1-4-11-27-20(25-26-22(27)31-14-15-5-8-17(23)9-6-15)13-24-21(28)16-7-10-18(29-2)19(12-16)30-3/h4-10,12H,1,11,13-14H2,2-3H3,(H,24,28). The monoisotopic (exact) mass is 458 g/mol. The van der Waals surface area contributed by atoms with Gasteiger partial charge in [0.2, 0.25) is 0 Å². The number of allylic oxidation sites excluding steroid dienone is 1. The maximum absolute atomic E-state index is 12.6. The van der Waals surface area contributed by atoms with Gasteiger partial charge in [0.05, 0.1) is 20.8 Å². The summed E-state index contributed by atoms with van der Waals surface area (Å²) in [6, 6.07) is 12.7. The van der Waals surface area contributed by atoms with Crippen LogP contribution in [0.3, 0.4) is 0 Å². The molecule has 0 aliphatic carbocycles. The fraction of sp³-hybridized carbons (Fsp3) is 0.227. The van der Waals surface area contributed by atoms with Crippen LogP contribution in [0.15, 0.2) is 60.3 Å². The molecule has 162 valence electrons. The van der Waals surface area contributed by atoms with Gasteiger partial charge in [0.15, 0.2) is 22.5 Å². The van der Waals surface area contributed by atoms with Gasteiger partial charge in [0, 0.05) is 22.9 Å². The van der Waals surface area contributed by atoms with Gasteiger partial charge in [-0.1, -0.05) is 41.6 Å². The number of nitrogens with one attached hydrogen (secondary N) is 1. The van der Waals surface area contributed by atoms with E-state index in [4.69, 9.17) is 21.1 Å². The van der Waals surface area contributed by atoms with Gasteiger partial charge in [-0.25, -0.2) is 0 Å². The average molecular weight is 459 g/mol. The second-order valence-corrected chi connectivity index (χ2v) is 7.84. The van der Waals surface area contributed by atoms with Gasteiger partial charge in [-0.05, 0) is 35.9 Å². The molecule has 0 saturated carbocycles. The zero-order valence-corrected chi connectivity index (χ0v) is 18.9. The first-order chi connectivity index (χ1) is 15.0. The van der Waals surface area contributed by atoms with Crippen LogP contribution < -0.4 is 14.8 Å².